The van der Waals surface area contributed by atoms with Crippen LogP contribution in [-0.4, -0.2) is 54.6 Å². The first-order valence-corrected chi connectivity index (χ1v) is 6.51. The zero-order valence-electron chi connectivity index (χ0n) is 10.1. The average molecular weight is 277 g/mol. The number of hydrogen-bond acceptors (Lipinski definition) is 6. The summed E-state index contributed by atoms with van der Waals surface area (Å²) < 4.78 is 31.2. The molecule has 0 fully saturated rings. The zero-order valence-corrected chi connectivity index (χ0v) is 10.9. The van der Waals surface area contributed by atoms with Crippen LogP contribution in [0, 0.1) is 0 Å². The standard InChI is InChI=1S/C8H15N5O4S/c1-13(4-3-8(14)17-2)18(15,16)11-5-7-9-6-10-12-7/h6,11H,3-5H2,1-2H3,(H,9,10,12). The van der Waals surface area contributed by atoms with Gasteiger partial charge in [0.15, 0.2) is 0 Å². The Morgan fingerprint density at radius 1 is 1.61 bits per heavy atom. The molecule has 0 aliphatic carbocycles. The van der Waals surface area contributed by atoms with Crippen LogP contribution < -0.4 is 4.72 Å². The third-order valence-electron chi connectivity index (χ3n) is 2.16. The lowest BCUT2D eigenvalue weighted by Crippen LogP contribution is -2.39. The molecule has 1 heterocycles. The van der Waals surface area contributed by atoms with Crippen LogP contribution in [0.15, 0.2) is 6.33 Å². The van der Waals surface area contributed by atoms with Gasteiger partial charge in [0.25, 0.3) is 10.2 Å². The van der Waals surface area contributed by atoms with Crippen molar-refractivity contribution in [3.05, 3.63) is 12.2 Å². The van der Waals surface area contributed by atoms with Gasteiger partial charge >= 0.3 is 5.97 Å². The first kappa shape index (κ1) is 14.5. The number of ether oxygens (including phenoxy) is 1. The SMILES string of the molecule is COC(=O)CCN(C)S(=O)(=O)NCc1ncn[nH]1. The smallest absolute Gasteiger partial charge is 0.306 e. The fourth-order valence-electron chi connectivity index (χ4n) is 1.06. The maximum atomic E-state index is 11.7. The maximum Gasteiger partial charge on any atom is 0.306 e. The first-order valence-electron chi connectivity index (χ1n) is 5.07. The second-order valence-electron chi connectivity index (χ2n) is 3.41. The molecular formula is C8H15N5O4S. The van der Waals surface area contributed by atoms with Crippen LogP contribution in [-0.2, 0) is 26.3 Å². The molecule has 0 spiro atoms. The van der Waals surface area contributed by atoms with Crippen molar-refractivity contribution in [2.45, 2.75) is 13.0 Å². The lowest BCUT2D eigenvalue weighted by atomic mass is 10.4. The summed E-state index contributed by atoms with van der Waals surface area (Å²) >= 11 is 0. The van der Waals surface area contributed by atoms with E-state index in [9.17, 15) is 13.2 Å². The fourth-order valence-corrected chi connectivity index (χ4v) is 1.93. The number of rotatable bonds is 7. The zero-order chi connectivity index (χ0) is 13.6. The lowest BCUT2D eigenvalue weighted by Gasteiger charge is -2.16. The third kappa shape index (κ3) is 4.39. The van der Waals surface area contributed by atoms with Crippen molar-refractivity contribution in [2.75, 3.05) is 20.7 Å². The lowest BCUT2D eigenvalue weighted by molar-refractivity contribution is -0.140. The van der Waals surface area contributed by atoms with Crippen LogP contribution in [0.4, 0.5) is 0 Å². The van der Waals surface area contributed by atoms with Crippen LogP contribution in [0.25, 0.3) is 0 Å². The average Bonchev–Trinajstić information content (AvgIpc) is 2.86. The van der Waals surface area contributed by atoms with E-state index in [4.69, 9.17) is 0 Å². The van der Waals surface area contributed by atoms with Gasteiger partial charge in [-0.2, -0.15) is 22.5 Å². The molecule has 2 N–H and O–H groups in total. The van der Waals surface area contributed by atoms with Crippen molar-refractivity contribution in [1.29, 1.82) is 0 Å². The van der Waals surface area contributed by atoms with Crippen molar-refractivity contribution in [3.8, 4) is 0 Å². The van der Waals surface area contributed by atoms with E-state index in [1.807, 2.05) is 0 Å². The highest BCUT2D eigenvalue weighted by Crippen LogP contribution is 1.98. The molecule has 18 heavy (non-hydrogen) atoms. The van der Waals surface area contributed by atoms with E-state index in [-0.39, 0.29) is 19.5 Å². The van der Waals surface area contributed by atoms with E-state index in [0.717, 1.165) is 4.31 Å². The molecule has 1 aromatic heterocycles. The Bertz CT molecular complexity index is 472. The van der Waals surface area contributed by atoms with Crippen LogP contribution in [0.1, 0.15) is 12.2 Å². The molecule has 0 radical (unpaired) electrons. The van der Waals surface area contributed by atoms with Crippen LogP contribution in [0.3, 0.4) is 0 Å². The second kappa shape index (κ2) is 6.42. The highest BCUT2D eigenvalue weighted by molar-refractivity contribution is 7.87. The molecule has 0 aliphatic heterocycles. The van der Waals surface area contributed by atoms with Crippen LogP contribution >= 0.6 is 0 Å². The van der Waals surface area contributed by atoms with Gasteiger partial charge in [-0.15, -0.1) is 0 Å². The Kier molecular flexibility index (Phi) is 5.19. The molecular weight excluding hydrogens is 262 g/mol. The van der Waals surface area contributed by atoms with Crippen molar-refractivity contribution >= 4 is 16.2 Å². The van der Waals surface area contributed by atoms with Crippen molar-refractivity contribution < 1.29 is 17.9 Å². The number of aromatic nitrogens is 3. The normalized spacial score (nSPS) is 11.7. The minimum atomic E-state index is -3.65. The summed E-state index contributed by atoms with van der Waals surface area (Å²) in [5, 5.41) is 6.12. The summed E-state index contributed by atoms with van der Waals surface area (Å²) in [6, 6.07) is 0. The summed E-state index contributed by atoms with van der Waals surface area (Å²) in [5.74, 6) is -0.0628. The van der Waals surface area contributed by atoms with Gasteiger partial charge in [-0.25, -0.2) is 4.98 Å². The molecule has 102 valence electrons. The molecule has 0 saturated heterocycles. The van der Waals surface area contributed by atoms with Crippen molar-refractivity contribution in [3.63, 3.8) is 0 Å². The monoisotopic (exact) mass is 277 g/mol. The molecule has 0 unspecified atom stereocenters. The highest BCUT2D eigenvalue weighted by atomic mass is 32.2. The van der Waals surface area contributed by atoms with Crippen LogP contribution in [0.5, 0.6) is 0 Å². The van der Waals surface area contributed by atoms with E-state index < -0.39 is 16.2 Å². The van der Waals surface area contributed by atoms with Crippen molar-refractivity contribution in [2.24, 2.45) is 0 Å². The van der Waals surface area contributed by atoms with Gasteiger partial charge in [0.1, 0.15) is 12.2 Å². The predicted octanol–water partition coefficient (Wildman–Crippen LogP) is -1.37. The molecule has 0 bridgehead atoms. The minimum Gasteiger partial charge on any atom is -0.469 e. The second-order valence-corrected chi connectivity index (χ2v) is 5.27. The fraction of sp³-hybridized carbons (Fsp3) is 0.625. The molecule has 0 saturated carbocycles. The van der Waals surface area contributed by atoms with Gasteiger partial charge in [-0.3, -0.25) is 9.89 Å². The van der Waals surface area contributed by atoms with Crippen LogP contribution in [0.2, 0.25) is 0 Å². The van der Waals surface area contributed by atoms with Crippen molar-refractivity contribution in [1.82, 2.24) is 24.2 Å². The molecule has 10 heteroatoms. The largest absolute Gasteiger partial charge is 0.469 e. The minimum absolute atomic E-state index is 0.00375. The topological polar surface area (TPSA) is 117 Å². The maximum absolute atomic E-state index is 11.7. The summed E-state index contributed by atoms with van der Waals surface area (Å²) in [6.07, 6.45) is 1.28. The molecule has 0 aromatic carbocycles. The Morgan fingerprint density at radius 2 is 2.33 bits per heavy atom. The molecule has 9 nitrogen and oxygen atoms in total. The number of methoxy groups -OCH3 is 1. The molecule has 0 aliphatic rings. The number of nitrogens with zero attached hydrogens (tertiary/aromatic N) is 3. The number of nitrogens with one attached hydrogen (secondary N) is 2. The van der Waals surface area contributed by atoms with E-state index >= 15 is 0 Å². The van der Waals surface area contributed by atoms with Gasteiger partial charge in [0.05, 0.1) is 20.1 Å². The highest BCUT2D eigenvalue weighted by Gasteiger charge is 2.18. The number of carbonyl (C=O) groups is 1. The first-order chi connectivity index (χ1) is 8.45. The summed E-state index contributed by atoms with van der Waals surface area (Å²) in [6.45, 7) is 0.0449. The quantitative estimate of drug-likeness (QED) is 0.594. The van der Waals surface area contributed by atoms with E-state index in [1.54, 1.807) is 0 Å². The molecule has 1 rings (SSSR count). The number of hydrogen-bond donors (Lipinski definition) is 2. The Labute approximate surface area is 105 Å². The summed E-state index contributed by atoms with van der Waals surface area (Å²) in [4.78, 5) is 14.7. The predicted molar refractivity (Wildman–Crippen MR) is 61.4 cm³/mol. The Morgan fingerprint density at radius 3 is 2.89 bits per heavy atom. The van der Waals surface area contributed by atoms with Gasteiger partial charge in [0.2, 0.25) is 0 Å². The molecule has 0 atom stereocenters. The Balaban J connectivity index is 2.44. The summed E-state index contributed by atoms with van der Waals surface area (Å²) in [5.41, 5.74) is 0. The summed E-state index contributed by atoms with van der Waals surface area (Å²) in [7, 11) is -1.04. The third-order valence-corrected chi connectivity index (χ3v) is 3.67. The number of carbonyl (C=O) groups excluding carboxylic acids is 1. The number of H-pyrrole nitrogens is 1. The van der Waals surface area contributed by atoms with Gasteiger partial charge in [-0.1, -0.05) is 0 Å². The molecule has 0 amide bonds. The number of esters is 1. The van der Waals surface area contributed by atoms with E-state index in [2.05, 4.69) is 24.6 Å². The van der Waals surface area contributed by atoms with Gasteiger partial charge in [0, 0.05) is 13.6 Å². The molecule has 1 aromatic rings. The van der Waals surface area contributed by atoms with E-state index in [0.29, 0.717) is 5.82 Å². The van der Waals surface area contributed by atoms with Gasteiger partial charge in [-0.05, 0) is 0 Å². The van der Waals surface area contributed by atoms with Gasteiger partial charge < -0.3 is 4.74 Å². The Hall–Kier alpha value is -1.52. The number of aromatic amines is 1. The van der Waals surface area contributed by atoms with E-state index in [1.165, 1.54) is 20.5 Å².